The molecule has 4 aromatic rings. The molecule has 0 aliphatic heterocycles. The van der Waals surface area contributed by atoms with Crippen LogP contribution in [0.25, 0.3) is 31.4 Å². The van der Waals surface area contributed by atoms with Crippen molar-refractivity contribution in [3.63, 3.8) is 0 Å². The largest absolute Gasteiger partial charge is 0.416 e. The van der Waals surface area contributed by atoms with Crippen molar-refractivity contribution in [2.45, 2.75) is 6.18 Å². The first kappa shape index (κ1) is 15.6. The maximum Gasteiger partial charge on any atom is 0.416 e. The number of pyridine rings is 1. The average molecular weight is 354 g/mol. The molecule has 0 radical (unpaired) electrons. The highest BCUT2D eigenvalue weighted by Crippen LogP contribution is 2.39. The number of rotatable bonds is 1. The Bertz CT molecular complexity index is 1140. The summed E-state index contributed by atoms with van der Waals surface area (Å²) in [5.41, 5.74) is 1.34. The second-order valence-corrected chi connectivity index (χ2v) is 6.62. The van der Waals surface area contributed by atoms with Gasteiger partial charge in [-0.15, -0.1) is 11.3 Å². The van der Waals surface area contributed by atoms with E-state index in [-0.39, 0.29) is 0 Å². The Labute approximate surface area is 144 Å². The highest BCUT2D eigenvalue weighted by Gasteiger charge is 2.30. The van der Waals surface area contributed by atoms with E-state index in [1.807, 2.05) is 18.2 Å². The fraction of sp³-hybridized carbons (Fsp3) is 0.0526. The van der Waals surface area contributed by atoms with Crippen LogP contribution in [0.5, 0.6) is 0 Å². The van der Waals surface area contributed by atoms with Crippen LogP contribution < -0.4 is 0 Å². The Hall–Kier alpha value is -2.91. The molecule has 0 fully saturated rings. The minimum atomic E-state index is -4.39. The summed E-state index contributed by atoms with van der Waals surface area (Å²) in [7, 11) is 0. The van der Waals surface area contributed by atoms with Crippen molar-refractivity contribution in [2.75, 3.05) is 0 Å². The predicted molar refractivity (Wildman–Crippen MR) is 92.3 cm³/mol. The van der Waals surface area contributed by atoms with Crippen LogP contribution in [-0.4, -0.2) is 4.98 Å². The van der Waals surface area contributed by atoms with Gasteiger partial charge in [-0.2, -0.15) is 18.4 Å². The SMILES string of the molecule is N#Cc1ccc(-c2cc3cnc4ccc(C(F)(F)F)cc4c3s2)cc1. The number of alkyl halides is 3. The third kappa shape index (κ3) is 2.73. The van der Waals surface area contributed by atoms with Gasteiger partial charge in [0.25, 0.3) is 0 Å². The van der Waals surface area contributed by atoms with Crippen molar-refractivity contribution < 1.29 is 13.2 Å². The Kier molecular flexibility index (Phi) is 3.48. The van der Waals surface area contributed by atoms with Gasteiger partial charge in [0, 0.05) is 26.5 Å². The van der Waals surface area contributed by atoms with Gasteiger partial charge in [0.2, 0.25) is 0 Å². The minimum absolute atomic E-state index is 0.497. The molecule has 0 unspecified atom stereocenters. The molecule has 2 heterocycles. The van der Waals surface area contributed by atoms with Crippen LogP contribution in [0.3, 0.4) is 0 Å². The highest BCUT2D eigenvalue weighted by atomic mass is 32.1. The summed E-state index contributed by atoms with van der Waals surface area (Å²) in [6, 6.07) is 14.7. The third-order valence-corrected chi connectivity index (χ3v) is 5.20. The zero-order valence-corrected chi connectivity index (χ0v) is 13.4. The Balaban J connectivity index is 1.92. The van der Waals surface area contributed by atoms with E-state index in [9.17, 15) is 13.2 Å². The zero-order chi connectivity index (χ0) is 17.6. The highest BCUT2D eigenvalue weighted by molar-refractivity contribution is 7.23. The molecule has 0 amide bonds. The quantitative estimate of drug-likeness (QED) is 0.420. The first-order valence-electron chi connectivity index (χ1n) is 7.36. The van der Waals surface area contributed by atoms with E-state index >= 15 is 0 Å². The molecule has 0 aliphatic rings. The number of fused-ring (bicyclic) bond motifs is 3. The molecule has 6 heteroatoms. The molecule has 122 valence electrons. The first-order chi connectivity index (χ1) is 12.0. The molecule has 0 saturated heterocycles. The van der Waals surface area contributed by atoms with E-state index in [0.29, 0.717) is 16.5 Å². The molecule has 0 N–H and O–H groups in total. The van der Waals surface area contributed by atoms with E-state index in [0.717, 1.165) is 32.7 Å². The van der Waals surface area contributed by atoms with Crippen molar-refractivity contribution in [1.82, 2.24) is 4.98 Å². The Morgan fingerprint density at radius 3 is 2.44 bits per heavy atom. The lowest BCUT2D eigenvalue weighted by molar-refractivity contribution is -0.137. The van der Waals surface area contributed by atoms with Gasteiger partial charge in [0.05, 0.1) is 22.7 Å². The van der Waals surface area contributed by atoms with E-state index in [1.165, 1.54) is 17.4 Å². The van der Waals surface area contributed by atoms with Crippen molar-refractivity contribution in [3.8, 4) is 16.5 Å². The molecule has 0 spiro atoms. The molecule has 2 nitrogen and oxygen atoms in total. The van der Waals surface area contributed by atoms with Crippen LogP contribution in [0.2, 0.25) is 0 Å². The van der Waals surface area contributed by atoms with Gasteiger partial charge in [0.1, 0.15) is 0 Å². The van der Waals surface area contributed by atoms with Crippen LogP contribution in [0.1, 0.15) is 11.1 Å². The van der Waals surface area contributed by atoms with Gasteiger partial charge in [-0.05, 0) is 42.0 Å². The van der Waals surface area contributed by atoms with Gasteiger partial charge in [-0.1, -0.05) is 12.1 Å². The number of halogens is 3. The number of hydrogen-bond donors (Lipinski definition) is 0. The summed E-state index contributed by atoms with van der Waals surface area (Å²) in [5, 5.41) is 10.2. The molecule has 0 bridgehead atoms. The van der Waals surface area contributed by atoms with Crippen LogP contribution in [0, 0.1) is 11.3 Å². The summed E-state index contributed by atoms with van der Waals surface area (Å²) in [6.45, 7) is 0. The molecule has 0 atom stereocenters. The van der Waals surface area contributed by atoms with Crippen LogP contribution in [-0.2, 0) is 6.18 Å². The smallest absolute Gasteiger partial charge is 0.256 e. The van der Waals surface area contributed by atoms with E-state index in [1.54, 1.807) is 18.3 Å². The number of benzene rings is 2. The van der Waals surface area contributed by atoms with Crippen molar-refractivity contribution in [2.24, 2.45) is 0 Å². The second kappa shape index (κ2) is 5.57. The number of hydrogen-bond acceptors (Lipinski definition) is 3. The Morgan fingerprint density at radius 1 is 1.00 bits per heavy atom. The maximum absolute atomic E-state index is 13.0. The van der Waals surface area contributed by atoms with E-state index in [2.05, 4.69) is 11.1 Å². The molecule has 25 heavy (non-hydrogen) atoms. The van der Waals surface area contributed by atoms with E-state index < -0.39 is 11.7 Å². The molecule has 0 saturated carbocycles. The van der Waals surface area contributed by atoms with E-state index in [4.69, 9.17) is 5.26 Å². The number of aromatic nitrogens is 1. The van der Waals surface area contributed by atoms with Gasteiger partial charge >= 0.3 is 6.18 Å². The summed E-state index contributed by atoms with van der Waals surface area (Å²) in [4.78, 5) is 5.19. The molecule has 2 aromatic carbocycles. The number of nitrogens with zero attached hydrogens (tertiary/aromatic N) is 2. The predicted octanol–water partition coefficient (Wildman–Crippen LogP) is 6.01. The zero-order valence-electron chi connectivity index (χ0n) is 12.6. The topological polar surface area (TPSA) is 36.7 Å². The lowest BCUT2D eigenvalue weighted by Gasteiger charge is -2.07. The molecular weight excluding hydrogens is 345 g/mol. The maximum atomic E-state index is 13.0. The van der Waals surface area contributed by atoms with Gasteiger partial charge in [-0.3, -0.25) is 4.98 Å². The number of nitriles is 1. The van der Waals surface area contributed by atoms with Crippen LogP contribution in [0.4, 0.5) is 13.2 Å². The normalized spacial score (nSPS) is 11.8. The van der Waals surface area contributed by atoms with Crippen LogP contribution >= 0.6 is 11.3 Å². The third-order valence-electron chi connectivity index (χ3n) is 3.97. The summed E-state index contributed by atoms with van der Waals surface area (Å²) in [6.07, 6.45) is -2.71. The molecular formula is C19H9F3N2S. The number of thiophene rings is 1. The average Bonchev–Trinajstić information content (AvgIpc) is 3.05. The van der Waals surface area contributed by atoms with Crippen molar-refractivity contribution in [3.05, 3.63) is 65.9 Å². The first-order valence-corrected chi connectivity index (χ1v) is 8.17. The minimum Gasteiger partial charge on any atom is -0.256 e. The Morgan fingerprint density at radius 2 is 1.76 bits per heavy atom. The summed E-state index contributed by atoms with van der Waals surface area (Å²) >= 11 is 1.42. The fourth-order valence-corrected chi connectivity index (χ4v) is 3.87. The van der Waals surface area contributed by atoms with Crippen molar-refractivity contribution in [1.29, 1.82) is 5.26 Å². The van der Waals surface area contributed by atoms with Gasteiger partial charge in [0.15, 0.2) is 0 Å². The van der Waals surface area contributed by atoms with Crippen LogP contribution in [0.15, 0.2) is 54.7 Å². The van der Waals surface area contributed by atoms with Gasteiger partial charge < -0.3 is 0 Å². The molecule has 2 aromatic heterocycles. The monoisotopic (exact) mass is 354 g/mol. The fourth-order valence-electron chi connectivity index (χ4n) is 2.71. The standard InChI is InChI=1S/C19H9F3N2S/c20-19(21,22)14-5-6-16-15(8-14)18-13(10-24-16)7-17(25-18)12-3-1-11(9-23)2-4-12/h1-8,10H. The lowest BCUT2D eigenvalue weighted by atomic mass is 10.1. The molecule has 0 aliphatic carbocycles. The van der Waals surface area contributed by atoms with Crippen molar-refractivity contribution >= 4 is 32.3 Å². The second-order valence-electron chi connectivity index (χ2n) is 5.57. The van der Waals surface area contributed by atoms with Gasteiger partial charge in [-0.25, -0.2) is 0 Å². The molecule has 4 rings (SSSR count). The summed E-state index contributed by atoms with van der Waals surface area (Å²) < 4.78 is 39.8. The summed E-state index contributed by atoms with van der Waals surface area (Å²) in [5.74, 6) is 0. The lowest BCUT2D eigenvalue weighted by Crippen LogP contribution is -2.04.